The Morgan fingerprint density at radius 1 is 0.893 bits per heavy atom. The van der Waals surface area contributed by atoms with Crippen molar-refractivity contribution in [3.05, 3.63) is 66.2 Å². The highest BCUT2D eigenvalue weighted by Gasteiger charge is 2.21. The SMILES string of the molecule is O=C(CCCNS(=O)(=O)c1ccccc1)N1CCN(Cc2ccccc2)CC1. The van der Waals surface area contributed by atoms with Crippen LogP contribution in [-0.2, 0) is 21.4 Å². The van der Waals surface area contributed by atoms with E-state index >= 15 is 0 Å². The summed E-state index contributed by atoms with van der Waals surface area (Å²) in [6, 6.07) is 18.6. The number of nitrogens with zero attached hydrogens (tertiary/aromatic N) is 2. The van der Waals surface area contributed by atoms with Crippen LogP contribution in [0.4, 0.5) is 0 Å². The van der Waals surface area contributed by atoms with Crippen LogP contribution in [0.1, 0.15) is 18.4 Å². The third-order valence-electron chi connectivity index (χ3n) is 4.89. The molecule has 1 saturated heterocycles. The van der Waals surface area contributed by atoms with Gasteiger partial charge in [-0.2, -0.15) is 0 Å². The second-order valence-corrected chi connectivity index (χ2v) is 8.72. The van der Waals surface area contributed by atoms with Crippen LogP contribution in [0.3, 0.4) is 0 Å². The average Bonchev–Trinajstić information content (AvgIpc) is 2.73. The first kappa shape index (κ1) is 20.5. The van der Waals surface area contributed by atoms with Gasteiger partial charge in [-0.1, -0.05) is 48.5 Å². The van der Waals surface area contributed by atoms with Gasteiger partial charge in [0.05, 0.1) is 4.90 Å². The molecule has 0 atom stereocenters. The minimum Gasteiger partial charge on any atom is -0.340 e. The third kappa shape index (κ3) is 5.89. The number of amides is 1. The zero-order chi connectivity index (χ0) is 19.8. The Bertz CT molecular complexity index is 849. The van der Waals surface area contributed by atoms with E-state index in [0.29, 0.717) is 12.8 Å². The number of nitrogens with one attached hydrogen (secondary N) is 1. The van der Waals surface area contributed by atoms with E-state index in [4.69, 9.17) is 0 Å². The van der Waals surface area contributed by atoms with E-state index < -0.39 is 10.0 Å². The maximum atomic E-state index is 12.4. The highest BCUT2D eigenvalue weighted by atomic mass is 32.2. The van der Waals surface area contributed by atoms with Gasteiger partial charge in [0, 0.05) is 45.7 Å². The molecule has 1 N–H and O–H groups in total. The summed E-state index contributed by atoms with van der Waals surface area (Å²) in [4.78, 5) is 16.9. The molecule has 1 fully saturated rings. The van der Waals surface area contributed by atoms with Gasteiger partial charge in [-0.3, -0.25) is 9.69 Å². The minimum absolute atomic E-state index is 0.0956. The number of sulfonamides is 1. The van der Waals surface area contributed by atoms with Gasteiger partial charge in [-0.25, -0.2) is 13.1 Å². The second-order valence-electron chi connectivity index (χ2n) is 6.96. The lowest BCUT2D eigenvalue weighted by Gasteiger charge is -2.34. The maximum Gasteiger partial charge on any atom is 0.240 e. The topological polar surface area (TPSA) is 69.7 Å². The van der Waals surface area contributed by atoms with E-state index in [9.17, 15) is 13.2 Å². The molecule has 0 spiro atoms. The number of hydrogen-bond acceptors (Lipinski definition) is 4. The molecule has 0 radical (unpaired) electrons. The molecule has 2 aromatic rings. The molecular weight excluding hydrogens is 374 g/mol. The molecule has 28 heavy (non-hydrogen) atoms. The van der Waals surface area contributed by atoms with E-state index in [1.807, 2.05) is 23.1 Å². The molecule has 0 aromatic heterocycles. The first-order chi connectivity index (χ1) is 13.5. The van der Waals surface area contributed by atoms with E-state index in [2.05, 4.69) is 21.8 Å². The first-order valence-corrected chi connectivity index (χ1v) is 11.1. The van der Waals surface area contributed by atoms with Crippen LogP contribution in [0.15, 0.2) is 65.6 Å². The number of carbonyl (C=O) groups is 1. The Balaban J connectivity index is 1.36. The summed E-state index contributed by atoms with van der Waals surface area (Å²) < 4.78 is 26.9. The van der Waals surface area contributed by atoms with Crippen LogP contribution in [0.25, 0.3) is 0 Å². The van der Waals surface area contributed by atoms with Crippen molar-refractivity contribution in [3.63, 3.8) is 0 Å². The Labute approximate surface area is 167 Å². The van der Waals surface area contributed by atoms with Gasteiger partial charge in [0.25, 0.3) is 0 Å². The third-order valence-corrected chi connectivity index (χ3v) is 6.36. The number of rotatable bonds is 8. The van der Waals surface area contributed by atoms with E-state index in [1.165, 1.54) is 5.56 Å². The van der Waals surface area contributed by atoms with Crippen molar-refractivity contribution < 1.29 is 13.2 Å². The van der Waals surface area contributed by atoms with Crippen LogP contribution in [0.5, 0.6) is 0 Å². The maximum absolute atomic E-state index is 12.4. The van der Waals surface area contributed by atoms with Crippen molar-refractivity contribution in [2.45, 2.75) is 24.3 Å². The van der Waals surface area contributed by atoms with Gasteiger partial charge in [0.2, 0.25) is 15.9 Å². The molecule has 0 aliphatic carbocycles. The quantitative estimate of drug-likeness (QED) is 0.688. The first-order valence-electron chi connectivity index (χ1n) is 9.63. The largest absolute Gasteiger partial charge is 0.340 e. The van der Waals surface area contributed by atoms with Crippen molar-refractivity contribution in [2.24, 2.45) is 0 Å². The summed E-state index contributed by atoms with van der Waals surface area (Å²) in [5.74, 6) is 0.0956. The fourth-order valence-electron chi connectivity index (χ4n) is 3.28. The summed E-state index contributed by atoms with van der Waals surface area (Å²) in [7, 11) is -3.50. The Morgan fingerprint density at radius 2 is 1.50 bits per heavy atom. The van der Waals surface area contributed by atoms with Crippen LogP contribution in [0.2, 0.25) is 0 Å². The minimum atomic E-state index is -3.50. The molecule has 150 valence electrons. The van der Waals surface area contributed by atoms with Gasteiger partial charge < -0.3 is 4.90 Å². The van der Waals surface area contributed by atoms with E-state index in [1.54, 1.807) is 30.3 Å². The van der Waals surface area contributed by atoms with Crippen molar-refractivity contribution >= 4 is 15.9 Å². The standard InChI is InChI=1S/C21H27N3O3S/c25-21(12-7-13-22-28(26,27)20-10-5-2-6-11-20)24-16-14-23(15-17-24)18-19-8-3-1-4-9-19/h1-6,8-11,22H,7,12-18H2. The van der Waals surface area contributed by atoms with Crippen LogP contribution < -0.4 is 4.72 Å². The molecule has 0 saturated carbocycles. The van der Waals surface area contributed by atoms with E-state index in [0.717, 1.165) is 32.7 Å². The lowest BCUT2D eigenvalue weighted by molar-refractivity contribution is -0.133. The van der Waals surface area contributed by atoms with Gasteiger partial charge in [0.15, 0.2) is 0 Å². The second kappa shape index (κ2) is 9.82. The van der Waals surface area contributed by atoms with E-state index in [-0.39, 0.29) is 17.3 Å². The fourth-order valence-corrected chi connectivity index (χ4v) is 4.38. The van der Waals surface area contributed by atoms with Crippen molar-refractivity contribution in [2.75, 3.05) is 32.7 Å². The fraction of sp³-hybridized carbons (Fsp3) is 0.381. The smallest absolute Gasteiger partial charge is 0.240 e. The molecule has 3 rings (SSSR count). The molecule has 1 aliphatic heterocycles. The molecule has 1 heterocycles. The molecule has 6 nitrogen and oxygen atoms in total. The van der Waals surface area contributed by atoms with Crippen LogP contribution >= 0.6 is 0 Å². The lowest BCUT2D eigenvalue weighted by atomic mass is 10.2. The number of piperazine rings is 1. The zero-order valence-electron chi connectivity index (χ0n) is 16.0. The Morgan fingerprint density at radius 3 is 2.14 bits per heavy atom. The van der Waals surface area contributed by atoms with Gasteiger partial charge >= 0.3 is 0 Å². The monoisotopic (exact) mass is 401 g/mol. The summed E-state index contributed by atoms with van der Waals surface area (Å²) in [5, 5.41) is 0. The molecular formula is C21H27N3O3S. The summed E-state index contributed by atoms with van der Waals surface area (Å²) in [6.07, 6.45) is 0.852. The predicted molar refractivity (Wildman–Crippen MR) is 109 cm³/mol. The van der Waals surface area contributed by atoms with Crippen molar-refractivity contribution in [3.8, 4) is 0 Å². The average molecular weight is 402 g/mol. The van der Waals surface area contributed by atoms with Gasteiger partial charge in [-0.05, 0) is 24.1 Å². The Hall–Kier alpha value is -2.22. The summed E-state index contributed by atoms with van der Waals surface area (Å²) in [6.45, 7) is 4.34. The molecule has 1 aliphatic rings. The summed E-state index contributed by atoms with van der Waals surface area (Å²) in [5.41, 5.74) is 1.29. The Kier molecular flexibility index (Phi) is 7.19. The molecule has 0 unspecified atom stereocenters. The molecule has 2 aromatic carbocycles. The zero-order valence-corrected chi connectivity index (χ0v) is 16.8. The summed E-state index contributed by atoms with van der Waals surface area (Å²) >= 11 is 0. The number of hydrogen-bond donors (Lipinski definition) is 1. The highest BCUT2D eigenvalue weighted by Crippen LogP contribution is 2.10. The lowest BCUT2D eigenvalue weighted by Crippen LogP contribution is -2.48. The van der Waals surface area contributed by atoms with Crippen LogP contribution in [0, 0.1) is 0 Å². The van der Waals surface area contributed by atoms with Crippen molar-refractivity contribution in [1.82, 2.24) is 14.5 Å². The molecule has 7 heteroatoms. The predicted octanol–water partition coefficient (Wildman–Crippen LogP) is 2.09. The molecule has 0 bridgehead atoms. The van der Waals surface area contributed by atoms with Crippen LogP contribution in [-0.4, -0.2) is 56.8 Å². The number of benzene rings is 2. The van der Waals surface area contributed by atoms with Crippen molar-refractivity contribution in [1.29, 1.82) is 0 Å². The van der Waals surface area contributed by atoms with Gasteiger partial charge in [0.1, 0.15) is 0 Å². The highest BCUT2D eigenvalue weighted by molar-refractivity contribution is 7.89. The molecule has 1 amide bonds. The normalized spacial score (nSPS) is 15.5. The number of carbonyl (C=O) groups excluding carboxylic acids is 1. The van der Waals surface area contributed by atoms with Gasteiger partial charge in [-0.15, -0.1) is 0 Å².